The van der Waals surface area contributed by atoms with E-state index in [9.17, 15) is 4.79 Å². The van der Waals surface area contributed by atoms with Gasteiger partial charge in [0.2, 0.25) is 5.91 Å². The molecule has 0 bridgehead atoms. The largest absolute Gasteiger partial charge is 0.394 e. The van der Waals surface area contributed by atoms with Gasteiger partial charge in [-0.25, -0.2) is 0 Å². The van der Waals surface area contributed by atoms with Crippen molar-refractivity contribution in [2.75, 3.05) is 19.7 Å². The van der Waals surface area contributed by atoms with Crippen molar-refractivity contribution in [3.8, 4) is 0 Å². The first-order chi connectivity index (χ1) is 6.76. The van der Waals surface area contributed by atoms with Gasteiger partial charge in [-0.05, 0) is 31.7 Å². The van der Waals surface area contributed by atoms with Gasteiger partial charge in [-0.2, -0.15) is 0 Å². The first kappa shape index (κ1) is 11.5. The van der Waals surface area contributed by atoms with E-state index in [2.05, 4.69) is 10.6 Å². The second-order valence-corrected chi connectivity index (χ2v) is 3.93. The molecule has 3 N–H and O–H groups in total. The number of amides is 1. The highest BCUT2D eigenvalue weighted by Crippen LogP contribution is 2.27. The van der Waals surface area contributed by atoms with E-state index >= 15 is 0 Å². The number of aliphatic hydroxyl groups is 1. The summed E-state index contributed by atoms with van der Waals surface area (Å²) in [7, 11) is 0. The van der Waals surface area contributed by atoms with Crippen LogP contribution >= 0.6 is 0 Å². The van der Waals surface area contributed by atoms with Crippen LogP contribution in [0, 0.1) is 5.92 Å². The predicted molar refractivity (Wildman–Crippen MR) is 54.9 cm³/mol. The van der Waals surface area contributed by atoms with Crippen LogP contribution in [0.15, 0.2) is 0 Å². The van der Waals surface area contributed by atoms with Gasteiger partial charge in [0.05, 0.1) is 19.2 Å². The minimum absolute atomic E-state index is 0.0187. The molecule has 1 rings (SSSR count). The molecule has 1 saturated carbocycles. The molecular weight excluding hydrogens is 180 g/mol. The number of carbonyl (C=O) groups excluding carboxylic acids is 1. The summed E-state index contributed by atoms with van der Waals surface area (Å²) in [4.78, 5) is 11.3. The first-order valence-corrected chi connectivity index (χ1v) is 5.37. The van der Waals surface area contributed by atoms with Crippen molar-refractivity contribution >= 4 is 5.91 Å². The van der Waals surface area contributed by atoms with Crippen LogP contribution in [0.3, 0.4) is 0 Å². The summed E-state index contributed by atoms with van der Waals surface area (Å²) in [6.07, 6.45) is 3.36. The monoisotopic (exact) mass is 200 g/mol. The Labute approximate surface area is 85.1 Å². The third-order valence-corrected chi connectivity index (χ3v) is 2.49. The fourth-order valence-electron chi connectivity index (χ4n) is 1.27. The lowest BCUT2D eigenvalue weighted by Gasteiger charge is -2.14. The second-order valence-electron chi connectivity index (χ2n) is 3.93. The zero-order valence-electron chi connectivity index (χ0n) is 8.75. The average molecular weight is 200 g/mol. The lowest BCUT2D eigenvalue weighted by atomic mass is 10.2. The summed E-state index contributed by atoms with van der Waals surface area (Å²) in [5.41, 5.74) is 0. The van der Waals surface area contributed by atoms with Gasteiger partial charge < -0.3 is 15.7 Å². The van der Waals surface area contributed by atoms with Crippen molar-refractivity contribution in [3.05, 3.63) is 0 Å². The van der Waals surface area contributed by atoms with Crippen LogP contribution in [0.4, 0.5) is 0 Å². The molecule has 0 aromatic rings. The number of nitrogens with one attached hydrogen (secondary N) is 2. The maximum absolute atomic E-state index is 11.3. The van der Waals surface area contributed by atoms with Gasteiger partial charge in [0.1, 0.15) is 0 Å². The Hall–Kier alpha value is -0.610. The smallest absolute Gasteiger partial charge is 0.234 e. The van der Waals surface area contributed by atoms with Gasteiger partial charge in [0.15, 0.2) is 0 Å². The van der Waals surface area contributed by atoms with Crippen molar-refractivity contribution in [3.63, 3.8) is 0 Å². The molecule has 0 heterocycles. The molecule has 0 spiro atoms. The van der Waals surface area contributed by atoms with E-state index in [1.165, 1.54) is 12.8 Å². The van der Waals surface area contributed by atoms with Crippen molar-refractivity contribution in [2.24, 2.45) is 5.92 Å². The Balaban J connectivity index is 2.01. The zero-order chi connectivity index (χ0) is 10.4. The number of rotatable bonds is 7. The average Bonchev–Trinajstić information content (AvgIpc) is 2.98. The molecule has 1 aliphatic rings. The topological polar surface area (TPSA) is 61.4 Å². The molecule has 0 aromatic carbocycles. The van der Waals surface area contributed by atoms with Gasteiger partial charge in [-0.15, -0.1) is 0 Å². The highest BCUT2D eigenvalue weighted by atomic mass is 16.3. The van der Waals surface area contributed by atoms with Crippen LogP contribution in [0.5, 0.6) is 0 Å². The van der Waals surface area contributed by atoms with Gasteiger partial charge in [0, 0.05) is 0 Å². The highest BCUT2D eigenvalue weighted by molar-refractivity contribution is 5.78. The third kappa shape index (κ3) is 4.58. The zero-order valence-corrected chi connectivity index (χ0v) is 8.75. The quantitative estimate of drug-likeness (QED) is 0.536. The predicted octanol–water partition coefficient (Wildman–Crippen LogP) is -0.127. The molecule has 0 aromatic heterocycles. The van der Waals surface area contributed by atoms with Crippen molar-refractivity contribution in [1.82, 2.24) is 10.6 Å². The van der Waals surface area contributed by atoms with Crippen molar-refractivity contribution in [2.45, 2.75) is 32.2 Å². The molecule has 0 aliphatic heterocycles. The van der Waals surface area contributed by atoms with Crippen molar-refractivity contribution < 1.29 is 9.90 Å². The molecule has 4 heteroatoms. The molecular formula is C10H20N2O2. The summed E-state index contributed by atoms with van der Waals surface area (Å²) < 4.78 is 0. The van der Waals surface area contributed by atoms with Crippen molar-refractivity contribution in [1.29, 1.82) is 0 Å². The van der Waals surface area contributed by atoms with E-state index < -0.39 is 0 Å². The minimum Gasteiger partial charge on any atom is -0.394 e. The molecule has 0 unspecified atom stereocenters. The standard InChI is InChI=1S/C10H20N2O2/c1-2-9(7-13)12-10(14)6-11-5-8-3-4-8/h8-9,11,13H,2-7H2,1H3,(H,12,14)/t9-/m1/s1. The number of hydrogen-bond donors (Lipinski definition) is 3. The normalized spacial score (nSPS) is 17.9. The van der Waals surface area contributed by atoms with E-state index in [4.69, 9.17) is 5.11 Å². The molecule has 4 nitrogen and oxygen atoms in total. The van der Waals surface area contributed by atoms with E-state index in [-0.39, 0.29) is 18.6 Å². The van der Waals surface area contributed by atoms with Gasteiger partial charge in [-0.1, -0.05) is 6.92 Å². The fourth-order valence-corrected chi connectivity index (χ4v) is 1.27. The maximum Gasteiger partial charge on any atom is 0.234 e. The Kier molecular flexibility index (Phi) is 4.90. The van der Waals surface area contributed by atoms with Crippen LogP contribution in [-0.2, 0) is 4.79 Å². The Morgan fingerprint density at radius 2 is 2.29 bits per heavy atom. The van der Waals surface area contributed by atoms with E-state index in [0.717, 1.165) is 18.9 Å². The maximum atomic E-state index is 11.3. The Morgan fingerprint density at radius 1 is 1.57 bits per heavy atom. The van der Waals surface area contributed by atoms with Gasteiger partial charge >= 0.3 is 0 Å². The number of aliphatic hydroxyl groups excluding tert-OH is 1. The summed E-state index contributed by atoms with van der Waals surface area (Å²) in [5.74, 6) is 0.772. The molecule has 1 fully saturated rings. The van der Waals surface area contributed by atoms with Crippen LogP contribution in [0.2, 0.25) is 0 Å². The molecule has 82 valence electrons. The molecule has 0 radical (unpaired) electrons. The lowest BCUT2D eigenvalue weighted by Crippen LogP contribution is -2.42. The SMILES string of the molecule is CC[C@H](CO)NC(=O)CNCC1CC1. The summed E-state index contributed by atoms with van der Waals surface area (Å²) >= 11 is 0. The molecule has 0 saturated heterocycles. The molecule has 14 heavy (non-hydrogen) atoms. The Morgan fingerprint density at radius 3 is 2.79 bits per heavy atom. The number of hydrogen-bond acceptors (Lipinski definition) is 3. The van der Waals surface area contributed by atoms with Crippen LogP contribution in [-0.4, -0.2) is 36.8 Å². The van der Waals surface area contributed by atoms with Gasteiger partial charge in [0.25, 0.3) is 0 Å². The van der Waals surface area contributed by atoms with Gasteiger partial charge in [-0.3, -0.25) is 4.79 Å². The van der Waals surface area contributed by atoms with Crippen LogP contribution in [0.25, 0.3) is 0 Å². The second kappa shape index (κ2) is 5.98. The van der Waals surface area contributed by atoms with E-state index in [0.29, 0.717) is 6.54 Å². The van der Waals surface area contributed by atoms with Crippen LogP contribution in [0.1, 0.15) is 26.2 Å². The first-order valence-electron chi connectivity index (χ1n) is 5.37. The molecule has 1 amide bonds. The van der Waals surface area contributed by atoms with Crippen LogP contribution < -0.4 is 10.6 Å². The lowest BCUT2D eigenvalue weighted by molar-refractivity contribution is -0.121. The summed E-state index contributed by atoms with van der Waals surface area (Å²) in [6, 6.07) is -0.0924. The summed E-state index contributed by atoms with van der Waals surface area (Å²) in [5, 5.41) is 14.7. The fraction of sp³-hybridized carbons (Fsp3) is 0.900. The molecule has 1 atom stereocenters. The summed E-state index contributed by atoms with van der Waals surface area (Å²) in [6.45, 7) is 3.28. The number of carbonyl (C=O) groups is 1. The van der Waals surface area contributed by atoms with E-state index in [1.807, 2.05) is 6.92 Å². The molecule has 1 aliphatic carbocycles. The third-order valence-electron chi connectivity index (χ3n) is 2.49. The Bertz CT molecular complexity index is 177. The minimum atomic E-state index is -0.0924. The highest BCUT2D eigenvalue weighted by Gasteiger charge is 2.20. The van der Waals surface area contributed by atoms with E-state index in [1.54, 1.807) is 0 Å².